The van der Waals surface area contributed by atoms with Gasteiger partial charge in [-0.25, -0.2) is 0 Å². The van der Waals surface area contributed by atoms with Crippen molar-refractivity contribution in [2.24, 2.45) is 0 Å². The molecule has 4 heteroatoms. The average Bonchev–Trinajstić information content (AvgIpc) is 2.78. The van der Waals surface area contributed by atoms with Gasteiger partial charge in [0.2, 0.25) is 0 Å². The molecule has 1 aromatic rings. The van der Waals surface area contributed by atoms with E-state index in [1.807, 2.05) is 24.3 Å². The summed E-state index contributed by atoms with van der Waals surface area (Å²) in [6, 6.07) is 7.63. The van der Waals surface area contributed by atoms with Crippen LogP contribution in [0.2, 0.25) is 0 Å². The molecular formula is C11H13ClO3. The van der Waals surface area contributed by atoms with Crippen LogP contribution in [0.15, 0.2) is 24.3 Å². The van der Waals surface area contributed by atoms with Crippen molar-refractivity contribution in [3.63, 3.8) is 0 Å². The summed E-state index contributed by atoms with van der Waals surface area (Å²) in [5, 5.41) is 0. The number of hydrogen-bond donors (Lipinski definition) is 0. The highest BCUT2D eigenvalue weighted by Gasteiger charge is 2.26. The molecule has 1 saturated heterocycles. The molecular weight excluding hydrogens is 216 g/mol. The average molecular weight is 229 g/mol. The third-order valence-electron chi connectivity index (χ3n) is 2.31. The maximum atomic E-state index is 5.68. The highest BCUT2D eigenvalue weighted by Crippen LogP contribution is 2.28. The van der Waals surface area contributed by atoms with Gasteiger partial charge in [-0.15, -0.1) is 11.6 Å². The lowest BCUT2D eigenvalue weighted by Gasteiger charge is -2.10. The maximum Gasteiger partial charge on any atom is 0.184 e. The van der Waals surface area contributed by atoms with Gasteiger partial charge in [0, 0.05) is 5.56 Å². The molecule has 1 aliphatic heterocycles. The summed E-state index contributed by atoms with van der Waals surface area (Å²) < 4.78 is 16.1. The van der Waals surface area contributed by atoms with Crippen molar-refractivity contribution in [2.45, 2.75) is 12.4 Å². The van der Waals surface area contributed by atoms with E-state index in [2.05, 4.69) is 0 Å². The van der Waals surface area contributed by atoms with Crippen LogP contribution in [0.3, 0.4) is 0 Å². The Morgan fingerprint density at radius 2 is 2.13 bits per heavy atom. The zero-order valence-corrected chi connectivity index (χ0v) is 9.24. The van der Waals surface area contributed by atoms with E-state index in [0.717, 1.165) is 11.3 Å². The van der Waals surface area contributed by atoms with Gasteiger partial charge < -0.3 is 14.2 Å². The van der Waals surface area contributed by atoms with Gasteiger partial charge in [-0.05, 0) is 12.1 Å². The molecule has 3 nitrogen and oxygen atoms in total. The standard InChI is InChI=1S/C11H13ClO3/c1-13-9-4-2-8(3-5-9)11-14-7-10(6-12)15-11/h2-5,10-11H,6-7H2,1H3. The molecule has 0 aliphatic carbocycles. The monoisotopic (exact) mass is 228 g/mol. The van der Waals surface area contributed by atoms with E-state index >= 15 is 0 Å². The Hall–Kier alpha value is -0.770. The van der Waals surface area contributed by atoms with E-state index < -0.39 is 0 Å². The van der Waals surface area contributed by atoms with Crippen LogP contribution in [0.5, 0.6) is 5.75 Å². The van der Waals surface area contributed by atoms with E-state index in [9.17, 15) is 0 Å². The summed E-state index contributed by atoms with van der Waals surface area (Å²) in [5.41, 5.74) is 0.989. The normalized spacial score (nSPS) is 25.5. The first-order valence-corrected chi connectivity index (χ1v) is 5.34. The number of halogens is 1. The molecule has 2 rings (SSSR count). The van der Waals surface area contributed by atoms with Crippen LogP contribution in [0, 0.1) is 0 Å². The smallest absolute Gasteiger partial charge is 0.184 e. The highest BCUT2D eigenvalue weighted by atomic mass is 35.5. The molecule has 0 amide bonds. The van der Waals surface area contributed by atoms with Crippen LogP contribution in [-0.4, -0.2) is 25.7 Å². The molecule has 82 valence electrons. The van der Waals surface area contributed by atoms with Gasteiger partial charge in [0.1, 0.15) is 5.75 Å². The van der Waals surface area contributed by atoms with E-state index in [0.29, 0.717) is 12.5 Å². The van der Waals surface area contributed by atoms with Gasteiger partial charge in [-0.2, -0.15) is 0 Å². The summed E-state index contributed by atoms with van der Waals surface area (Å²) in [7, 11) is 1.64. The molecule has 0 N–H and O–H groups in total. The largest absolute Gasteiger partial charge is 0.497 e. The summed E-state index contributed by atoms with van der Waals surface area (Å²) in [4.78, 5) is 0. The second-order valence-corrected chi connectivity index (χ2v) is 3.66. The van der Waals surface area contributed by atoms with Crippen molar-refractivity contribution in [1.29, 1.82) is 0 Å². The molecule has 0 radical (unpaired) electrons. The molecule has 1 fully saturated rings. The highest BCUT2D eigenvalue weighted by molar-refractivity contribution is 6.18. The van der Waals surface area contributed by atoms with Crippen LogP contribution in [-0.2, 0) is 9.47 Å². The maximum absolute atomic E-state index is 5.68. The van der Waals surface area contributed by atoms with E-state index in [1.54, 1.807) is 7.11 Å². The second kappa shape index (κ2) is 4.84. The Kier molecular flexibility index (Phi) is 3.46. The number of ether oxygens (including phenoxy) is 3. The summed E-state index contributed by atoms with van der Waals surface area (Å²) in [6.07, 6.45) is -0.293. The van der Waals surface area contributed by atoms with Crippen LogP contribution in [0.4, 0.5) is 0 Å². The second-order valence-electron chi connectivity index (χ2n) is 3.35. The third-order valence-corrected chi connectivity index (χ3v) is 2.65. The van der Waals surface area contributed by atoms with Crippen LogP contribution in [0.25, 0.3) is 0 Å². The molecule has 1 aromatic carbocycles. The Balaban J connectivity index is 2.04. The van der Waals surface area contributed by atoms with Crippen LogP contribution < -0.4 is 4.74 Å². The minimum absolute atomic E-state index is 0.00114. The lowest BCUT2D eigenvalue weighted by molar-refractivity contribution is -0.0567. The third kappa shape index (κ3) is 2.43. The predicted molar refractivity (Wildman–Crippen MR) is 57.3 cm³/mol. The Bertz CT molecular complexity index is 312. The fourth-order valence-corrected chi connectivity index (χ4v) is 1.63. The number of hydrogen-bond acceptors (Lipinski definition) is 3. The molecule has 1 aliphatic rings. The predicted octanol–water partition coefficient (Wildman–Crippen LogP) is 2.35. The van der Waals surface area contributed by atoms with Crippen molar-refractivity contribution in [2.75, 3.05) is 19.6 Å². The van der Waals surface area contributed by atoms with Gasteiger partial charge in [-0.1, -0.05) is 12.1 Å². The topological polar surface area (TPSA) is 27.7 Å². The van der Waals surface area contributed by atoms with Crippen molar-refractivity contribution < 1.29 is 14.2 Å². The molecule has 1 heterocycles. The van der Waals surface area contributed by atoms with Gasteiger partial charge in [0.25, 0.3) is 0 Å². The lowest BCUT2D eigenvalue weighted by atomic mass is 10.2. The van der Waals surface area contributed by atoms with Crippen molar-refractivity contribution in [1.82, 2.24) is 0 Å². The van der Waals surface area contributed by atoms with Gasteiger partial charge in [0.05, 0.1) is 25.7 Å². The van der Waals surface area contributed by atoms with Gasteiger partial charge >= 0.3 is 0 Å². The Morgan fingerprint density at radius 3 is 2.67 bits per heavy atom. The fourth-order valence-electron chi connectivity index (χ4n) is 1.46. The molecule has 2 atom stereocenters. The zero-order chi connectivity index (χ0) is 10.7. The Morgan fingerprint density at radius 1 is 1.40 bits per heavy atom. The zero-order valence-electron chi connectivity index (χ0n) is 8.48. The summed E-state index contributed by atoms with van der Waals surface area (Å²) in [5.74, 6) is 1.29. The minimum atomic E-state index is -0.292. The summed E-state index contributed by atoms with van der Waals surface area (Å²) >= 11 is 5.68. The molecule has 0 aromatic heterocycles. The van der Waals surface area contributed by atoms with Gasteiger partial charge in [-0.3, -0.25) is 0 Å². The fraction of sp³-hybridized carbons (Fsp3) is 0.455. The first-order chi connectivity index (χ1) is 7.33. The lowest BCUT2D eigenvalue weighted by Crippen LogP contribution is -2.10. The van der Waals surface area contributed by atoms with E-state index in [4.69, 9.17) is 25.8 Å². The molecule has 2 unspecified atom stereocenters. The SMILES string of the molecule is COc1ccc(C2OCC(CCl)O2)cc1. The van der Waals surface area contributed by atoms with Crippen molar-refractivity contribution >= 4 is 11.6 Å². The molecule has 0 saturated carbocycles. The Labute approximate surface area is 93.9 Å². The number of methoxy groups -OCH3 is 1. The number of alkyl halides is 1. The first-order valence-electron chi connectivity index (χ1n) is 4.80. The van der Waals surface area contributed by atoms with Crippen LogP contribution in [0.1, 0.15) is 11.9 Å². The van der Waals surface area contributed by atoms with Crippen LogP contribution >= 0.6 is 11.6 Å². The number of benzene rings is 1. The minimum Gasteiger partial charge on any atom is -0.497 e. The van der Waals surface area contributed by atoms with Crippen molar-refractivity contribution in [3.8, 4) is 5.75 Å². The van der Waals surface area contributed by atoms with E-state index in [-0.39, 0.29) is 12.4 Å². The molecule has 0 bridgehead atoms. The number of rotatable bonds is 3. The molecule has 15 heavy (non-hydrogen) atoms. The quantitative estimate of drug-likeness (QED) is 0.744. The van der Waals surface area contributed by atoms with Crippen molar-refractivity contribution in [3.05, 3.63) is 29.8 Å². The van der Waals surface area contributed by atoms with Gasteiger partial charge in [0.15, 0.2) is 6.29 Å². The van der Waals surface area contributed by atoms with E-state index in [1.165, 1.54) is 0 Å². The summed E-state index contributed by atoms with van der Waals surface area (Å²) in [6.45, 7) is 0.556. The molecule has 0 spiro atoms. The first kappa shape index (κ1) is 10.7.